The number of hydrogen-bond acceptors (Lipinski definition) is 5. The summed E-state index contributed by atoms with van der Waals surface area (Å²) in [4.78, 5) is 12.3. The molecule has 5 nitrogen and oxygen atoms in total. The van der Waals surface area contributed by atoms with Gasteiger partial charge in [0.15, 0.2) is 25.0 Å². The zero-order chi connectivity index (χ0) is 22.6. The van der Waals surface area contributed by atoms with Crippen LogP contribution in [0.2, 0.25) is 71.5 Å². The first-order valence-corrected chi connectivity index (χ1v) is 23.6. The molecule has 0 aromatic carbocycles. The van der Waals surface area contributed by atoms with Crippen LogP contribution in [0.4, 0.5) is 0 Å². The van der Waals surface area contributed by atoms with Gasteiger partial charge in [-0.15, -0.1) is 0 Å². The Balaban J connectivity index is 5.52. The van der Waals surface area contributed by atoms with E-state index in [0.29, 0.717) is 12.0 Å². The molecule has 1 unspecified atom stereocenters. The smallest absolute Gasteiger partial charge is 0.362 e. The van der Waals surface area contributed by atoms with Gasteiger partial charge < -0.3 is 17.1 Å². The van der Waals surface area contributed by atoms with E-state index in [1.807, 2.05) is 6.92 Å². The molecular weight excluding hydrogens is 437 g/mol. The van der Waals surface area contributed by atoms with Gasteiger partial charge in [-0.2, -0.15) is 0 Å². The molecule has 0 saturated carbocycles. The van der Waals surface area contributed by atoms with Crippen molar-refractivity contribution in [2.75, 3.05) is 0 Å². The second kappa shape index (κ2) is 10.5. The Morgan fingerprint density at radius 2 is 1.29 bits per heavy atom. The highest BCUT2D eigenvalue weighted by Crippen LogP contribution is 2.28. The van der Waals surface area contributed by atoms with Crippen molar-refractivity contribution in [3.63, 3.8) is 0 Å². The SMILES string of the molecule is C=C(C)C(=O)OC(C)(CC[Si](O[Si](C)(C)C)O[Si](C)(C)C)[Si](C)O[Si](C)(C)C. The van der Waals surface area contributed by atoms with Gasteiger partial charge in [-0.3, -0.25) is 0 Å². The molecule has 0 heterocycles. The number of carbonyl (C=O) groups excluding carboxylic acids is 1. The van der Waals surface area contributed by atoms with Crippen molar-refractivity contribution in [2.45, 2.75) is 97.0 Å². The van der Waals surface area contributed by atoms with E-state index >= 15 is 0 Å². The molecule has 0 N–H and O–H groups in total. The van der Waals surface area contributed by atoms with E-state index in [2.05, 4.69) is 72.0 Å². The molecule has 0 bridgehead atoms. The predicted octanol–water partition coefficient (Wildman–Crippen LogP) is 5.46. The quantitative estimate of drug-likeness (QED) is 0.212. The van der Waals surface area contributed by atoms with Gasteiger partial charge in [-0.1, -0.05) is 6.58 Å². The van der Waals surface area contributed by atoms with Gasteiger partial charge in [0.2, 0.25) is 9.04 Å². The van der Waals surface area contributed by atoms with Crippen molar-refractivity contribution in [2.24, 2.45) is 0 Å². The Kier molecular flexibility index (Phi) is 10.5. The van der Waals surface area contributed by atoms with E-state index in [1.165, 1.54) is 0 Å². The minimum atomic E-state index is -1.75. The van der Waals surface area contributed by atoms with Crippen molar-refractivity contribution >= 4 is 49.2 Å². The average molecular weight is 479 g/mol. The third-order valence-electron chi connectivity index (χ3n) is 3.52. The maximum atomic E-state index is 12.3. The normalized spacial score (nSPS) is 15.6. The number of carbonyl (C=O) groups is 1. The third kappa shape index (κ3) is 12.7. The largest absolute Gasteiger partial charge is 0.457 e. The highest BCUT2D eigenvalue weighted by molar-refractivity contribution is 6.81. The van der Waals surface area contributed by atoms with Gasteiger partial charge in [0.1, 0.15) is 5.22 Å². The third-order valence-corrected chi connectivity index (χ3v) is 16.4. The van der Waals surface area contributed by atoms with Crippen LogP contribution < -0.4 is 0 Å². The van der Waals surface area contributed by atoms with Crippen LogP contribution in [0.3, 0.4) is 0 Å². The van der Waals surface area contributed by atoms with Crippen LogP contribution in [0.1, 0.15) is 20.3 Å². The monoisotopic (exact) mass is 478 g/mol. The number of hydrogen-bond donors (Lipinski definition) is 0. The minimum absolute atomic E-state index is 0.350. The van der Waals surface area contributed by atoms with Crippen LogP contribution in [-0.2, 0) is 21.9 Å². The summed E-state index contributed by atoms with van der Waals surface area (Å²) in [6.07, 6.45) is 0.685. The first-order valence-electron chi connectivity index (χ1n) is 9.90. The molecule has 0 rings (SSSR count). The van der Waals surface area contributed by atoms with Gasteiger partial charge in [0.25, 0.3) is 0 Å². The maximum Gasteiger partial charge on any atom is 0.362 e. The summed E-state index contributed by atoms with van der Waals surface area (Å²) < 4.78 is 25.2. The number of esters is 1. The van der Waals surface area contributed by atoms with E-state index in [-0.39, 0.29) is 5.97 Å². The summed E-state index contributed by atoms with van der Waals surface area (Å²) in [6, 6.07) is 0.774. The average Bonchev–Trinajstić information content (AvgIpc) is 2.39. The number of ether oxygens (including phenoxy) is 1. The molecule has 0 aliphatic carbocycles. The van der Waals surface area contributed by atoms with E-state index in [1.54, 1.807) is 6.92 Å². The van der Waals surface area contributed by atoms with Crippen LogP contribution >= 0.6 is 0 Å². The predicted molar refractivity (Wildman–Crippen MR) is 129 cm³/mol. The van der Waals surface area contributed by atoms with Crippen molar-refractivity contribution < 1.29 is 21.9 Å². The van der Waals surface area contributed by atoms with Crippen LogP contribution in [-0.4, -0.2) is 54.5 Å². The molecule has 0 spiro atoms. The zero-order valence-corrected chi connectivity index (χ0v) is 25.2. The van der Waals surface area contributed by atoms with Gasteiger partial charge in [-0.05, 0) is 91.8 Å². The molecule has 1 atom stereocenters. The molecule has 10 heteroatoms. The zero-order valence-electron chi connectivity index (χ0n) is 20.2. The maximum absolute atomic E-state index is 12.3. The first-order chi connectivity index (χ1) is 12.2. The van der Waals surface area contributed by atoms with Crippen LogP contribution in [0, 0.1) is 0 Å². The lowest BCUT2D eigenvalue weighted by Gasteiger charge is -2.38. The second-order valence-corrected chi connectivity index (χ2v) is 29.0. The molecule has 2 radical (unpaired) electrons. The molecule has 28 heavy (non-hydrogen) atoms. The van der Waals surface area contributed by atoms with Crippen LogP contribution in [0.5, 0.6) is 0 Å². The van der Waals surface area contributed by atoms with Crippen LogP contribution in [0.15, 0.2) is 12.2 Å². The van der Waals surface area contributed by atoms with Crippen LogP contribution in [0.25, 0.3) is 0 Å². The molecule has 164 valence electrons. The lowest BCUT2D eigenvalue weighted by molar-refractivity contribution is -0.147. The molecule has 0 amide bonds. The van der Waals surface area contributed by atoms with Crippen molar-refractivity contribution in [3.05, 3.63) is 12.2 Å². The molecule has 0 aromatic heterocycles. The van der Waals surface area contributed by atoms with E-state index < -0.39 is 48.5 Å². The Hall–Kier alpha value is 0.174. The molecule has 0 saturated heterocycles. The topological polar surface area (TPSA) is 54.0 Å². The number of rotatable bonds is 12. The fourth-order valence-electron chi connectivity index (χ4n) is 2.30. The van der Waals surface area contributed by atoms with Gasteiger partial charge in [0, 0.05) is 5.57 Å². The van der Waals surface area contributed by atoms with Crippen molar-refractivity contribution in [3.8, 4) is 0 Å². The summed E-state index contributed by atoms with van der Waals surface area (Å²) in [5.74, 6) is -0.350. The van der Waals surface area contributed by atoms with Crippen molar-refractivity contribution in [1.82, 2.24) is 0 Å². The summed E-state index contributed by atoms with van der Waals surface area (Å²) in [5.41, 5.74) is 0.413. The standard InChI is InChI=1S/C18H42O5Si5/c1-16(2)17(19)20-18(3,24(4)21-26(5,6)7)14-15-25(22-27(8,9)10)23-28(11,12)13/h1,14-15H2,2-13H3. The minimum Gasteiger partial charge on any atom is -0.457 e. The fourth-order valence-corrected chi connectivity index (χ4v) is 15.3. The Morgan fingerprint density at radius 1 is 0.893 bits per heavy atom. The molecule has 0 aliphatic heterocycles. The summed E-state index contributed by atoms with van der Waals surface area (Å²) in [6.45, 7) is 29.2. The Labute approximate surface area is 180 Å². The van der Waals surface area contributed by atoms with Gasteiger partial charge >= 0.3 is 15.3 Å². The summed E-state index contributed by atoms with van der Waals surface area (Å²) >= 11 is 0. The van der Waals surface area contributed by atoms with E-state index in [4.69, 9.17) is 17.1 Å². The van der Waals surface area contributed by atoms with Crippen molar-refractivity contribution in [1.29, 1.82) is 0 Å². The van der Waals surface area contributed by atoms with E-state index in [9.17, 15) is 4.79 Å². The fraction of sp³-hybridized carbons (Fsp3) is 0.833. The lowest BCUT2D eigenvalue weighted by Crippen LogP contribution is -2.52. The highest BCUT2D eigenvalue weighted by Gasteiger charge is 2.42. The Bertz CT molecular complexity index is 520. The van der Waals surface area contributed by atoms with Gasteiger partial charge in [-0.25, -0.2) is 4.79 Å². The molecule has 0 aromatic rings. The van der Waals surface area contributed by atoms with E-state index in [0.717, 1.165) is 6.04 Å². The first kappa shape index (κ1) is 28.2. The van der Waals surface area contributed by atoms with Gasteiger partial charge in [0.05, 0.1) is 0 Å². The highest BCUT2D eigenvalue weighted by atomic mass is 28.4. The molecule has 0 fully saturated rings. The molecular formula is C18H42O5Si5. The summed E-state index contributed by atoms with van der Waals surface area (Å²) in [5, 5.41) is -0.650. The molecule has 0 aliphatic rings. The second-order valence-electron chi connectivity index (χ2n) is 10.5. The summed E-state index contributed by atoms with van der Waals surface area (Å²) in [7, 11) is -8.03. The Morgan fingerprint density at radius 3 is 1.61 bits per heavy atom. The lowest BCUT2D eigenvalue weighted by atomic mass is 10.3.